The van der Waals surface area contributed by atoms with Gasteiger partial charge in [-0.3, -0.25) is 5.73 Å². The number of fused-ring (bicyclic) bond motifs is 1. The first kappa shape index (κ1) is 14.5. The van der Waals surface area contributed by atoms with Gasteiger partial charge in [0.05, 0.1) is 5.60 Å². The van der Waals surface area contributed by atoms with Crippen molar-refractivity contribution < 1.29 is 23.8 Å². The molecule has 3 aliphatic heterocycles. The smallest absolute Gasteiger partial charge is 0.333 e. The molecule has 0 saturated carbocycles. The minimum atomic E-state index is -1.47. The Morgan fingerprint density at radius 2 is 1.71 bits per heavy atom. The van der Waals surface area contributed by atoms with Gasteiger partial charge in [0, 0.05) is 38.6 Å². The van der Waals surface area contributed by atoms with Crippen molar-refractivity contribution in [2.24, 2.45) is 5.73 Å². The fourth-order valence-electron chi connectivity index (χ4n) is 3.29. The molecule has 0 aromatic rings. The number of likely N-dealkylation sites (tertiary alicyclic amines) is 1. The Morgan fingerprint density at radius 1 is 1.14 bits per heavy atom. The summed E-state index contributed by atoms with van der Waals surface area (Å²) < 4.78 is 16.8. The van der Waals surface area contributed by atoms with Gasteiger partial charge < -0.3 is 19.1 Å². The van der Waals surface area contributed by atoms with Crippen LogP contribution in [0.5, 0.6) is 0 Å². The molecular formula is C14H20N2O5. The second kappa shape index (κ2) is 4.53. The molecule has 2 saturated heterocycles. The summed E-state index contributed by atoms with van der Waals surface area (Å²) in [5, 5.41) is 0. The van der Waals surface area contributed by atoms with Crippen molar-refractivity contribution in [3.8, 4) is 0 Å². The molecule has 0 radical (unpaired) electrons. The van der Waals surface area contributed by atoms with E-state index in [-0.39, 0.29) is 0 Å². The summed E-state index contributed by atoms with van der Waals surface area (Å²) in [4.78, 5) is 25.7. The number of esters is 2. The number of carbonyl (C=O) groups is 2. The molecule has 116 valence electrons. The minimum Gasteiger partial charge on any atom is -0.434 e. The molecule has 0 aromatic heterocycles. The Morgan fingerprint density at radius 3 is 2.33 bits per heavy atom. The van der Waals surface area contributed by atoms with Crippen molar-refractivity contribution >= 4 is 11.9 Å². The van der Waals surface area contributed by atoms with E-state index >= 15 is 0 Å². The summed E-state index contributed by atoms with van der Waals surface area (Å²) >= 11 is 0. The fourth-order valence-corrected chi connectivity index (χ4v) is 3.29. The number of nitrogens with zero attached hydrogens (tertiary/aromatic N) is 1. The lowest BCUT2D eigenvalue weighted by Crippen LogP contribution is -2.61. The van der Waals surface area contributed by atoms with E-state index in [1.165, 1.54) is 0 Å². The van der Waals surface area contributed by atoms with Gasteiger partial charge in [0.25, 0.3) is 5.79 Å². The quantitative estimate of drug-likeness (QED) is 0.624. The van der Waals surface area contributed by atoms with Crippen molar-refractivity contribution in [3.05, 3.63) is 12.2 Å². The van der Waals surface area contributed by atoms with Crippen molar-refractivity contribution in [1.82, 2.24) is 4.90 Å². The van der Waals surface area contributed by atoms with Gasteiger partial charge in [-0.1, -0.05) is 0 Å². The van der Waals surface area contributed by atoms with Crippen molar-refractivity contribution in [1.29, 1.82) is 0 Å². The van der Waals surface area contributed by atoms with Crippen LogP contribution in [0.15, 0.2) is 12.2 Å². The van der Waals surface area contributed by atoms with E-state index in [1.54, 1.807) is 6.92 Å². The molecule has 2 N–H and O–H groups in total. The van der Waals surface area contributed by atoms with Gasteiger partial charge in [-0.15, -0.1) is 0 Å². The monoisotopic (exact) mass is 296 g/mol. The number of piperidine rings is 1. The van der Waals surface area contributed by atoms with E-state index in [2.05, 4.69) is 4.90 Å². The number of hydrogen-bond donors (Lipinski definition) is 1. The molecule has 0 aromatic carbocycles. The Labute approximate surface area is 123 Å². The second-order valence-corrected chi connectivity index (χ2v) is 6.28. The standard InChI is InChI=1S/C14H20N2O5/c1-12-14(15,20-11(18)4-3-10(17)19-12)9-13(21-12)5-7-16(2)8-6-13/h3-4H,5-9,15H2,1-2H3/b4-3-. The third-order valence-electron chi connectivity index (χ3n) is 4.60. The summed E-state index contributed by atoms with van der Waals surface area (Å²) in [5.41, 5.74) is 4.27. The highest BCUT2D eigenvalue weighted by atomic mass is 16.8. The molecule has 3 aliphatic rings. The molecule has 0 amide bonds. The lowest BCUT2D eigenvalue weighted by Gasteiger charge is -2.38. The van der Waals surface area contributed by atoms with E-state index in [4.69, 9.17) is 19.9 Å². The van der Waals surface area contributed by atoms with E-state index in [0.717, 1.165) is 38.1 Å². The molecular weight excluding hydrogens is 276 g/mol. The van der Waals surface area contributed by atoms with Gasteiger partial charge in [-0.25, -0.2) is 9.59 Å². The number of rotatable bonds is 0. The maximum atomic E-state index is 11.7. The minimum absolute atomic E-state index is 0.317. The molecule has 7 nitrogen and oxygen atoms in total. The van der Waals surface area contributed by atoms with Crippen LogP contribution < -0.4 is 5.73 Å². The van der Waals surface area contributed by atoms with E-state index in [9.17, 15) is 9.59 Å². The van der Waals surface area contributed by atoms with Gasteiger partial charge >= 0.3 is 11.9 Å². The third-order valence-corrected chi connectivity index (χ3v) is 4.60. The average molecular weight is 296 g/mol. The SMILES string of the molecule is CN1CCC2(CC1)CC1(N)OC(=O)/C=C\C(=O)OC1(C)O2. The van der Waals surface area contributed by atoms with Crippen LogP contribution in [-0.2, 0) is 23.8 Å². The first-order valence-corrected chi connectivity index (χ1v) is 7.08. The van der Waals surface area contributed by atoms with Crippen molar-refractivity contribution in [3.63, 3.8) is 0 Å². The van der Waals surface area contributed by atoms with Crippen LogP contribution >= 0.6 is 0 Å². The third kappa shape index (κ3) is 2.35. The lowest BCUT2D eigenvalue weighted by molar-refractivity contribution is -0.283. The molecule has 0 aliphatic carbocycles. The van der Waals surface area contributed by atoms with Crippen LogP contribution in [0.4, 0.5) is 0 Å². The van der Waals surface area contributed by atoms with Crippen LogP contribution in [0.1, 0.15) is 26.2 Å². The predicted molar refractivity (Wildman–Crippen MR) is 71.8 cm³/mol. The van der Waals surface area contributed by atoms with Gasteiger partial charge in [-0.05, 0) is 19.9 Å². The topological polar surface area (TPSA) is 91.1 Å². The lowest BCUT2D eigenvalue weighted by atomic mass is 9.85. The molecule has 1 spiro atoms. The maximum absolute atomic E-state index is 11.7. The number of ether oxygens (including phenoxy) is 3. The zero-order chi connectivity index (χ0) is 15.3. The molecule has 0 bridgehead atoms. The van der Waals surface area contributed by atoms with Gasteiger partial charge in [0.1, 0.15) is 0 Å². The van der Waals surface area contributed by atoms with Crippen LogP contribution in [-0.4, -0.2) is 54.1 Å². The number of nitrogens with two attached hydrogens (primary N) is 1. The van der Waals surface area contributed by atoms with Gasteiger partial charge in [0.2, 0.25) is 5.72 Å². The summed E-state index contributed by atoms with van der Waals surface area (Å²) in [6, 6.07) is 0. The molecule has 2 unspecified atom stereocenters. The molecule has 2 atom stereocenters. The molecule has 21 heavy (non-hydrogen) atoms. The number of carbonyl (C=O) groups excluding carboxylic acids is 2. The highest BCUT2D eigenvalue weighted by molar-refractivity contribution is 5.92. The van der Waals surface area contributed by atoms with E-state index < -0.39 is 29.1 Å². The van der Waals surface area contributed by atoms with E-state index in [1.807, 2.05) is 7.05 Å². The highest BCUT2D eigenvalue weighted by Gasteiger charge is 2.66. The first-order valence-electron chi connectivity index (χ1n) is 7.08. The largest absolute Gasteiger partial charge is 0.434 e. The van der Waals surface area contributed by atoms with Gasteiger partial charge in [0.15, 0.2) is 0 Å². The fraction of sp³-hybridized carbons (Fsp3) is 0.714. The summed E-state index contributed by atoms with van der Waals surface area (Å²) in [6.07, 6.45) is 3.87. The predicted octanol–water partition coefficient (Wildman–Crippen LogP) is -0.101. The Bertz CT molecular complexity index is 475. The zero-order valence-electron chi connectivity index (χ0n) is 12.3. The molecule has 3 heterocycles. The maximum Gasteiger partial charge on any atom is 0.333 e. The Hall–Kier alpha value is -1.44. The first-order chi connectivity index (χ1) is 9.76. The normalized spacial score (nSPS) is 40.9. The summed E-state index contributed by atoms with van der Waals surface area (Å²) in [5.74, 6) is -2.79. The zero-order valence-corrected chi connectivity index (χ0v) is 12.3. The molecule has 7 heteroatoms. The average Bonchev–Trinajstić information content (AvgIpc) is 2.58. The number of hydrogen-bond acceptors (Lipinski definition) is 7. The van der Waals surface area contributed by atoms with Crippen molar-refractivity contribution in [2.45, 2.75) is 43.3 Å². The van der Waals surface area contributed by atoms with Crippen LogP contribution in [0.2, 0.25) is 0 Å². The van der Waals surface area contributed by atoms with Crippen molar-refractivity contribution in [2.75, 3.05) is 20.1 Å². The highest BCUT2D eigenvalue weighted by Crippen LogP contribution is 2.50. The molecule has 3 rings (SSSR count). The van der Waals surface area contributed by atoms with Crippen LogP contribution in [0, 0.1) is 0 Å². The molecule has 2 fully saturated rings. The van der Waals surface area contributed by atoms with E-state index in [0.29, 0.717) is 6.42 Å². The Kier molecular flexibility index (Phi) is 3.12. The van der Waals surface area contributed by atoms with Crippen LogP contribution in [0.3, 0.4) is 0 Å². The second-order valence-electron chi connectivity index (χ2n) is 6.28. The Balaban J connectivity index is 1.93. The van der Waals surface area contributed by atoms with Crippen LogP contribution in [0.25, 0.3) is 0 Å². The summed E-state index contributed by atoms with van der Waals surface area (Å²) in [7, 11) is 2.04. The summed E-state index contributed by atoms with van der Waals surface area (Å²) in [6.45, 7) is 3.27. The van der Waals surface area contributed by atoms with Gasteiger partial charge in [-0.2, -0.15) is 0 Å².